The number of rotatable bonds is 7. The SMILES string of the molecule is CCc1cnc(SCC(=O)O)n1CCn1cccn1. The minimum atomic E-state index is -0.829. The van der Waals surface area contributed by atoms with Gasteiger partial charge in [0.25, 0.3) is 0 Å². The standard InChI is InChI=1S/C12H16N4O2S/c1-2-10-8-13-12(19-9-11(17)18)16(10)7-6-15-5-3-4-14-15/h3-5,8H,2,6-7,9H2,1H3,(H,17,18). The molecule has 19 heavy (non-hydrogen) atoms. The van der Waals surface area contributed by atoms with E-state index in [9.17, 15) is 4.79 Å². The number of carboxylic acids is 1. The first-order valence-electron chi connectivity index (χ1n) is 6.07. The van der Waals surface area contributed by atoms with Crippen molar-refractivity contribution in [3.63, 3.8) is 0 Å². The Morgan fingerprint density at radius 3 is 2.95 bits per heavy atom. The van der Waals surface area contributed by atoms with Gasteiger partial charge in [0.1, 0.15) is 0 Å². The number of imidazole rings is 1. The van der Waals surface area contributed by atoms with Crippen LogP contribution in [0.25, 0.3) is 0 Å². The van der Waals surface area contributed by atoms with Crippen LogP contribution in [0.2, 0.25) is 0 Å². The molecule has 102 valence electrons. The molecular weight excluding hydrogens is 264 g/mol. The highest BCUT2D eigenvalue weighted by atomic mass is 32.2. The Labute approximate surface area is 115 Å². The van der Waals surface area contributed by atoms with Crippen LogP contribution in [0.1, 0.15) is 12.6 Å². The largest absolute Gasteiger partial charge is 0.481 e. The second kappa shape index (κ2) is 6.42. The van der Waals surface area contributed by atoms with Gasteiger partial charge in [0, 0.05) is 30.8 Å². The van der Waals surface area contributed by atoms with Gasteiger partial charge in [-0.3, -0.25) is 9.48 Å². The van der Waals surface area contributed by atoms with Crippen LogP contribution in [0.5, 0.6) is 0 Å². The van der Waals surface area contributed by atoms with Crippen LogP contribution in [-0.4, -0.2) is 36.2 Å². The monoisotopic (exact) mass is 280 g/mol. The number of carboxylic acid groups (broad SMARTS) is 1. The zero-order valence-electron chi connectivity index (χ0n) is 10.7. The maximum atomic E-state index is 10.6. The van der Waals surface area contributed by atoms with Crippen molar-refractivity contribution >= 4 is 17.7 Å². The van der Waals surface area contributed by atoms with E-state index in [0.29, 0.717) is 0 Å². The second-order valence-electron chi connectivity index (χ2n) is 3.99. The van der Waals surface area contributed by atoms with Gasteiger partial charge in [-0.25, -0.2) is 4.98 Å². The molecule has 0 aliphatic heterocycles. The molecule has 2 heterocycles. The summed E-state index contributed by atoms with van der Waals surface area (Å²) in [6.45, 7) is 3.55. The van der Waals surface area contributed by atoms with E-state index in [-0.39, 0.29) is 5.75 Å². The number of carbonyl (C=O) groups is 1. The number of hydrogen-bond donors (Lipinski definition) is 1. The Balaban J connectivity index is 2.07. The molecule has 0 radical (unpaired) electrons. The molecule has 0 aromatic carbocycles. The highest BCUT2D eigenvalue weighted by molar-refractivity contribution is 7.99. The molecule has 1 N–H and O–H groups in total. The molecule has 0 atom stereocenters. The van der Waals surface area contributed by atoms with Crippen LogP contribution in [0.3, 0.4) is 0 Å². The van der Waals surface area contributed by atoms with Gasteiger partial charge in [-0.15, -0.1) is 0 Å². The van der Waals surface area contributed by atoms with E-state index in [2.05, 4.69) is 21.6 Å². The van der Waals surface area contributed by atoms with Gasteiger partial charge >= 0.3 is 5.97 Å². The first-order chi connectivity index (χ1) is 9.20. The number of aryl methyl sites for hydroxylation is 2. The molecule has 0 amide bonds. The first-order valence-corrected chi connectivity index (χ1v) is 7.05. The summed E-state index contributed by atoms with van der Waals surface area (Å²) in [5, 5.41) is 13.7. The van der Waals surface area contributed by atoms with E-state index < -0.39 is 5.97 Å². The minimum Gasteiger partial charge on any atom is -0.481 e. The van der Waals surface area contributed by atoms with Crippen molar-refractivity contribution in [3.05, 3.63) is 30.4 Å². The number of hydrogen-bond acceptors (Lipinski definition) is 4. The van der Waals surface area contributed by atoms with Crippen molar-refractivity contribution in [1.82, 2.24) is 19.3 Å². The quantitative estimate of drug-likeness (QED) is 0.778. The molecular formula is C12H16N4O2S. The van der Waals surface area contributed by atoms with Gasteiger partial charge in [0.2, 0.25) is 0 Å². The maximum Gasteiger partial charge on any atom is 0.313 e. The predicted octanol–water partition coefficient (Wildman–Crippen LogP) is 1.52. The summed E-state index contributed by atoms with van der Waals surface area (Å²) >= 11 is 1.25. The third-order valence-electron chi connectivity index (χ3n) is 2.70. The third kappa shape index (κ3) is 3.60. The third-order valence-corrected chi connectivity index (χ3v) is 3.68. The molecule has 0 saturated carbocycles. The molecule has 0 spiro atoms. The number of aliphatic carboxylic acids is 1. The second-order valence-corrected chi connectivity index (χ2v) is 4.93. The fourth-order valence-electron chi connectivity index (χ4n) is 1.79. The molecule has 0 fully saturated rings. The highest BCUT2D eigenvalue weighted by Gasteiger charge is 2.11. The first kappa shape index (κ1) is 13.7. The zero-order valence-corrected chi connectivity index (χ0v) is 11.5. The fourth-order valence-corrected chi connectivity index (χ4v) is 2.53. The normalized spacial score (nSPS) is 10.8. The van der Waals surface area contributed by atoms with Crippen LogP contribution in [-0.2, 0) is 24.3 Å². The predicted molar refractivity (Wildman–Crippen MR) is 72.2 cm³/mol. The molecule has 2 aromatic heterocycles. The number of nitrogens with zero attached hydrogens (tertiary/aromatic N) is 4. The Morgan fingerprint density at radius 1 is 1.47 bits per heavy atom. The number of thioether (sulfide) groups is 1. The van der Waals surface area contributed by atoms with Crippen LogP contribution >= 0.6 is 11.8 Å². The molecule has 2 aromatic rings. The summed E-state index contributed by atoms with van der Waals surface area (Å²) in [4.78, 5) is 14.9. The Hall–Kier alpha value is -1.76. The van der Waals surface area contributed by atoms with Crippen molar-refractivity contribution < 1.29 is 9.90 Å². The van der Waals surface area contributed by atoms with Crippen LogP contribution in [0.15, 0.2) is 29.8 Å². The fraction of sp³-hybridized carbons (Fsp3) is 0.417. The summed E-state index contributed by atoms with van der Waals surface area (Å²) in [7, 11) is 0. The van der Waals surface area contributed by atoms with Crippen LogP contribution in [0, 0.1) is 0 Å². The van der Waals surface area contributed by atoms with E-state index in [1.54, 1.807) is 6.20 Å². The minimum absolute atomic E-state index is 0.0297. The van der Waals surface area contributed by atoms with Crippen molar-refractivity contribution in [3.8, 4) is 0 Å². The molecule has 6 nitrogen and oxygen atoms in total. The Kier molecular flexibility index (Phi) is 4.62. The average molecular weight is 280 g/mol. The smallest absolute Gasteiger partial charge is 0.313 e. The van der Waals surface area contributed by atoms with Crippen molar-refractivity contribution in [1.29, 1.82) is 0 Å². The van der Waals surface area contributed by atoms with Gasteiger partial charge < -0.3 is 9.67 Å². The van der Waals surface area contributed by atoms with Gasteiger partial charge in [-0.2, -0.15) is 5.10 Å². The van der Waals surface area contributed by atoms with Crippen molar-refractivity contribution in [2.75, 3.05) is 5.75 Å². The Bertz CT molecular complexity index is 536. The molecule has 7 heteroatoms. The highest BCUT2D eigenvalue weighted by Crippen LogP contribution is 2.19. The van der Waals surface area contributed by atoms with Crippen LogP contribution < -0.4 is 0 Å². The van der Waals surface area contributed by atoms with E-state index in [1.807, 2.05) is 23.1 Å². The van der Waals surface area contributed by atoms with Gasteiger partial charge in [-0.1, -0.05) is 18.7 Å². The lowest BCUT2D eigenvalue weighted by molar-refractivity contribution is -0.133. The summed E-state index contributed by atoms with van der Waals surface area (Å²) in [5.74, 6) is -0.799. The number of aromatic nitrogens is 4. The molecule has 0 bridgehead atoms. The molecule has 0 aliphatic rings. The average Bonchev–Trinajstić information content (AvgIpc) is 3.02. The summed E-state index contributed by atoms with van der Waals surface area (Å²) in [6, 6.07) is 1.88. The molecule has 2 rings (SSSR count). The van der Waals surface area contributed by atoms with Gasteiger partial charge in [-0.05, 0) is 12.5 Å². The Morgan fingerprint density at radius 2 is 2.32 bits per heavy atom. The summed E-state index contributed by atoms with van der Waals surface area (Å²) < 4.78 is 3.92. The van der Waals surface area contributed by atoms with Crippen molar-refractivity contribution in [2.45, 2.75) is 31.6 Å². The van der Waals surface area contributed by atoms with E-state index >= 15 is 0 Å². The lowest BCUT2D eigenvalue weighted by Crippen LogP contribution is -2.11. The van der Waals surface area contributed by atoms with Gasteiger partial charge in [0.15, 0.2) is 5.16 Å². The van der Waals surface area contributed by atoms with E-state index in [1.165, 1.54) is 11.8 Å². The van der Waals surface area contributed by atoms with Gasteiger partial charge in [0.05, 0.1) is 12.3 Å². The van der Waals surface area contributed by atoms with E-state index in [4.69, 9.17) is 5.11 Å². The molecule has 0 unspecified atom stereocenters. The summed E-state index contributed by atoms with van der Waals surface area (Å²) in [6.07, 6.45) is 6.34. The maximum absolute atomic E-state index is 10.6. The zero-order chi connectivity index (χ0) is 13.7. The lowest BCUT2D eigenvalue weighted by Gasteiger charge is -2.10. The summed E-state index contributed by atoms with van der Waals surface area (Å²) in [5.41, 5.74) is 1.11. The molecule has 0 aliphatic carbocycles. The van der Waals surface area contributed by atoms with Crippen molar-refractivity contribution in [2.24, 2.45) is 0 Å². The van der Waals surface area contributed by atoms with E-state index in [0.717, 1.165) is 30.4 Å². The topological polar surface area (TPSA) is 72.9 Å². The molecule has 0 saturated heterocycles. The lowest BCUT2D eigenvalue weighted by atomic mass is 10.3. The van der Waals surface area contributed by atoms with Crippen LogP contribution in [0.4, 0.5) is 0 Å².